The SMILES string of the molecule is COc1ccc(-c2nn(C3C[C@H]4C(=O)N[C@]5(C(=O)O)C[C@H]5C=CCCCCC[C@H](NC(=O)OC(C)(C)C)C(=O)N4C3)nc2-c2nccs2)cc1. The van der Waals surface area contributed by atoms with Gasteiger partial charge in [-0.3, -0.25) is 9.59 Å². The molecule has 15 heteroatoms. The summed E-state index contributed by atoms with van der Waals surface area (Å²) in [5, 5.41) is 28.0. The predicted octanol–water partition coefficient (Wildman–Crippen LogP) is 4.59. The van der Waals surface area contributed by atoms with Crippen molar-refractivity contribution in [2.75, 3.05) is 13.7 Å². The lowest BCUT2D eigenvalue weighted by Crippen LogP contribution is -2.56. The predicted molar refractivity (Wildman–Crippen MR) is 184 cm³/mol. The monoisotopic (exact) mass is 705 g/mol. The molecule has 2 fully saturated rings. The summed E-state index contributed by atoms with van der Waals surface area (Å²) in [6.45, 7) is 5.28. The summed E-state index contributed by atoms with van der Waals surface area (Å²) in [4.78, 5) is 61.3. The van der Waals surface area contributed by atoms with Crippen LogP contribution in [0, 0.1) is 5.92 Å². The zero-order chi connectivity index (χ0) is 35.6. The maximum atomic E-state index is 14.4. The summed E-state index contributed by atoms with van der Waals surface area (Å²) in [5.41, 5.74) is -0.327. The Morgan fingerprint density at radius 2 is 1.86 bits per heavy atom. The van der Waals surface area contributed by atoms with Gasteiger partial charge in [0.05, 0.1) is 13.2 Å². The first kappa shape index (κ1) is 35.1. The number of methoxy groups -OCH3 is 1. The van der Waals surface area contributed by atoms with Crippen LogP contribution in [-0.2, 0) is 19.1 Å². The van der Waals surface area contributed by atoms with Crippen molar-refractivity contribution in [1.82, 2.24) is 35.5 Å². The van der Waals surface area contributed by atoms with Gasteiger partial charge in [-0.25, -0.2) is 14.6 Å². The van der Waals surface area contributed by atoms with Crippen LogP contribution in [0.25, 0.3) is 22.0 Å². The highest BCUT2D eigenvalue weighted by Gasteiger charge is 2.61. The van der Waals surface area contributed by atoms with Crippen LogP contribution in [0.1, 0.15) is 71.8 Å². The van der Waals surface area contributed by atoms with E-state index in [-0.39, 0.29) is 25.3 Å². The summed E-state index contributed by atoms with van der Waals surface area (Å²) < 4.78 is 10.8. The second-order valence-electron chi connectivity index (χ2n) is 14.0. The molecule has 0 bridgehead atoms. The van der Waals surface area contributed by atoms with Crippen molar-refractivity contribution in [3.63, 3.8) is 0 Å². The van der Waals surface area contributed by atoms with E-state index in [1.807, 2.05) is 41.8 Å². The number of aromatic nitrogens is 4. The van der Waals surface area contributed by atoms with Crippen molar-refractivity contribution in [3.05, 3.63) is 48.0 Å². The van der Waals surface area contributed by atoms with Gasteiger partial charge in [0.2, 0.25) is 11.8 Å². The molecule has 14 nitrogen and oxygen atoms in total. The van der Waals surface area contributed by atoms with Crippen molar-refractivity contribution < 1.29 is 33.8 Å². The molecule has 3 amide bonds. The number of alkyl carbamates (subject to hydrolysis) is 1. The number of hydrogen-bond acceptors (Lipinski definition) is 10. The molecule has 266 valence electrons. The Labute approximate surface area is 294 Å². The molecule has 3 N–H and O–H groups in total. The molecule has 1 aliphatic carbocycles. The highest BCUT2D eigenvalue weighted by atomic mass is 32.1. The number of thiazole rings is 1. The lowest BCUT2D eigenvalue weighted by Gasteiger charge is -2.30. The van der Waals surface area contributed by atoms with Gasteiger partial charge >= 0.3 is 12.1 Å². The van der Waals surface area contributed by atoms with Crippen LogP contribution < -0.4 is 15.4 Å². The second kappa shape index (κ2) is 14.2. The van der Waals surface area contributed by atoms with E-state index in [0.29, 0.717) is 35.0 Å². The van der Waals surface area contributed by atoms with Crippen LogP contribution in [0.5, 0.6) is 5.75 Å². The Morgan fingerprint density at radius 1 is 1.10 bits per heavy atom. The number of nitrogens with one attached hydrogen (secondary N) is 2. The fraction of sp³-hybridized carbons (Fsp3) is 0.514. The van der Waals surface area contributed by atoms with Gasteiger partial charge in [-0.15, -0.1) is 16.4 Å². The number of rotatable bonds is 6. The number of ether oxygens (including phenoxy) is 2. The minimum Gasteiger partial charge on any atom is -0.497 e. The number of aliphatic carboxylic acids is 1. The largest absolute Gasteiger partial charge is 0.497 e. The van der Waals surface area contributed by atoms with E-state index in [1.54, 1.807) is 34.1 Å². The average molecular weight is 706 g/mol. The maximum absolute atomic E-state index is 14.4. The molecule has 5 atom stereocenters. The molecule has 1 unspecified atom stereocenters. The molecule has 0 spiro atoms. The molecule has 3 aliphatic rings. The number of carbonyl (C=O) groups excluding carboxylic acids is 3. The molecule has 2 aliphatic heterocycles. The lowest BCUT2D eigenvalue weighted by atomic mass is 10.0. The summed E-state index contributed by atoms with van der Waals surface area (Å²) in [5.74, 6) is -1.81. The number of carboxylic acids is 1. The fourth-order valence-corrected chi connectivity index (χ4v) is 7.23. The Kier molecular flexibility index (Phi) is 9.96. The van der Waals surface area contributed by atoms with Crippen LogP contribution in [0.3, 0.4) is 0 Å². The topological polar surface area (TPSA) is 178 Å². The minimum atomic E-state index is -1.45. The zero-order valence-corrected chi connectivity index (χ0v) is 29.4. The van der Waals surface area contributed by atoms with Crippen LogP contribution in [0.15, 0.2) is 48.0 Å². The molecular formula is C35H43N7O7S. The van der Waals surface area contributed by atoms with Gasteiger partial charge in [-0.05, 0) is 70.7 Å². The van der Waals surface area contributed by atoms with Crippen molar-refractivity contribution in [2.24, 2.45) is 5.92 Å². The molecule has 2 aromatic heterocycles. The average Bonchev–Trinajstić information content (AvgIpc) is 3.52. The van der Waals surface area contributed by atoms with Gasteiger partial charge in [0.15, 0.2) is 0 Å². The summed E-state index contributed by atoms with van der Waals surface area (Å²) in [6.07, 6.45) is 8.55. The van der Waals surface area contributed by atoms with Crippen molar-refractivity contribution in [1.29, 1.82) is 0 Å². The summed E-state index contributed by atoms with van der Waals surface area (Å²) in [6, 6.07) is 4.85. The third-order valence-corrected chi connectivity index (χ3v) is 10.1. The van der Waals surface area contributed by atoms with Gasteiger partial charge in [0.1, 0.15) is 45.4 Å². The van der Waals surface area contributed by atoms with E-state index in [4.69, 9.17) is 19.7 Å². The number of allylic oxidation sites excluding steroid dienone is 1. The number of fused-ring (bicyclic) bond motifs is 2. The normalized spacial score (nSPS) is 25.8. The van der Waals surface area contributed by atoms with E-state index in [0.717, 1.165) is 24.8 Å². The Morgan fingerprint density at radius 3 is 2.54 bits per heavy atom. The first-order chi connectivity index (χ1) is 23.9. The number of hydrogen-bond donors (Lipinski definition) is 3. The standard InChI is InChI=1S/C35H43N7O7S/c1-34(2,3)49-33(47)37-25-11-9-7-5-6-8-10-22-19-35(22,32(45)46)38-29(43)26-18-23(20-41(26)31(25)44)42-39-27(21-12-14-24(48-4)15-13-21)28(40-42)30-36-16-17-50-30/h8,10,12-17,22-23,25-26H,5-7,9,11,18-20H2,1-4H3,(H,37,47)(H,38,43)(H,45,46)/t22-,23?,25+,26+,35-/m1/s1. The van der Waals surface area contributed by atoms with E-state index in [1.165, 1.54) is 21.0 Å². The molecule has 1 saturated heterocycles. The van der Waals surface area contributed by atoms with Crippen LogP contribution in [0.4, 0.5) is 4.79 Å². The summed E-state index contributed by atoms with van der Waals surface area (Å²) >= 11 is 1.41. The maximum Gasteiger partial charge on any atom is 0.408 e. The zero-order valence-electron chi connectivity index (χ0n) is 28.6. The molecule has 3 aromatic rings. The quantitative estimate of drug-likeness (QED) is 0.307. The number of amides is 3. The second-order valence-corrected chi connectivity index (χ2v) is 14.9. The Hall–Kier alpha value is -4.79. The fourth-order valence-electron chi connectivity index (χ4n) is 6.61. The molecular weight excluding hydrogens is 662 g/mol. The van der Waals surface area contributed by atoms with E-state index in [9.17, 15) is 24.3 Å². The third-order valence-electron chi connectivity index (χ3n) is 9.28. The van der Waals surface area contributed by atoms with Gasteiger partial charge in [-0.1, -0.05) is 25.0 Å². The smallest absolute Gasteiger partial charge is 0.408 e. The third kappa shape index (κ3) is 7.52. The molecule has 1 saturated carbocycles. The van der Waals surface area contributed by atoms with Gasteiger partial charge in [0, 0.05) is 36.0 Å². The number of benzene rings is 1. The van der Waals surface area contributed by atoms with Crippen molar-refractivity contribution in [2.45, 2.75) is 95.0 Å². The van der Waals surface area contributed by atoms with Gasteiger partial charge in [-0.2, -0.15) is 9.90 Å². The molecule has 4 heterocycles. The van der Waals surface area contributed by atoms with E-state index >= 15 is 0 Å². The molecule has 50 heavy (non-hydrogen) atoms. The van der Waals surface area contributed by atoms with Crippen molar-refractivity contribution in [3.8, 4) is 27.7 Å². The minimum absolute atomic E-state index is 0.0564. The van der Waals surface area contributed by atoms with Crippen LogP contribution in [-0.4, -0.2) is 90.7 Å². The van der Waals surface area contributed by atoms with Crippen LogP contribution >= 0.6 is 11.3 Å². The Balaban J connectivity index is 1.35. The highest BCUT2D eigenvalue weighted by Crippen LogP contribution is 2.46. The number of nitrogens with zero attached hydrogens (tertiary/aromatic N) is 5. The lowest BCUT2D eigenvalue weighted by molar-refractivity contribution is -0.145. The summed E-state index contributed by atoms with van der Waals surface area (Å²) in [7, 11) is 1.59. The van der Waals surface area contributed by atoms with Gasteiger partial charge < -0.3 is 30.1 Å². The first-order valence-corrected chi connectivity index (χ1v) is 17.8. The van der Waals surface area contributed by atoms with Gasteiger partial charge in [0.25, 0.3) is 0 Å². The van der Waals surface area contributed by atoms with E-state index in [2.05, 4.69) is 15.6 Å². The highest BCUT2D eigenvalue weighted by molar-refractivity contribution is 7.13. The number of carbonyl (C=O) groups is 4. The molecule has 0 radical (unpaired) electrons. The number of carboxylic acid groups (broad SMARTS) is 1. The molecule has 6 rings (SSSR count). The molecule has 1 aromatic carbocycles. The van der Waals surface area contributed by atoms with Crippen molar-refractivity contribution >= 4 is 35.2 Å². The van der Waals surface area contributed by atoms with E-state index < -0.39 is 53.1 Å². The Bertz CT molecular complexity index is 1750. The van der Waals surface area contributed by atoms with Crippen LogP contribution in [0.2, 0.25) is 0 Å². The first-order valence-electron chi connectivity index (χ1n) is 16.9.